The summed E-state index contributed by atoms with van der Waals surface area (Å²) in [5.41, 5.74) is 4.79. The van der Waals surface area contributed by atoms with E-state index in [-0.39, 0.29) is 5.69 Å². The van der Waals surface area contributed by atoms with Gasteiger partial charge in [-0.3, -0.25) is 10.1 Å². The van der Waals surface area contributed by atoms with Gasteiger partial charge < -0.3 is 10.2 Å². The van der Waals surface area contributed by atoms with Crippen LogP contribution in [-0.2, 0) is 0 Å². The third-order valence-corrected chi connectivity index (χ3v) is 4.77. The molecule has 0 saturated heterocycles. The fourth-order valence-electron chi connectivity index (χ4n) is 3.41. The van der Waals surface area contributed by atoms with E-state index in [9.17, 15) is 15.3 Å². The summed E-state index contributed by atoms with van der Waals surface area (Å²) in [7, 11) is 0. The maximum atomic E-state index is 11.1. The Morgan fingerprint density at radius 3 is 2.56 bits per heavy atom. The first kappa shape index (κ1) is 16.8. The summed E-state index contributed by atoms with van der Waals surface area (Å²) in [5, 5.41) is 26.0. The molecule has 0 spiro atoms. The van der Waals surface area contributed by atoms with Gasteiger partial charge in [0.2, 0.25) is 0 Å². The number of hydrogen-bond donors (Lipinski definition) is 2. The Balaban J connectivity index is 1.91. The Morgan fingerprint density at radius 2 is 1.81 bits per heavy atom. The van der Waals surface area contributed by atoms with Crippen molar-refractivity contribution >= 4 is 33.2 Å². The predicted molar refractivity (Wildman–Crippen MR) is 106 cm³/mol. The van der Waals surface area contributed by atoms with E-state index in [1.54, 1.807) is 12.1 Å². The summed E-state index contributed by atoms with van der Waals surface area (Å²) in [6.45, 7) is 1.97. The van der Waals surface area contributed by atoms with E-state index >= 15 is 0 Å². The highest BCUT2D eigenvalue weighted by Gasteiger charge is 2.15. The van der Waals surface area contributed by atoms with E-state index in [0.717, 1.165) is 44.9 Å². The van der Waals surface area contributed by atoms with Crippen LogP contribution in [0.3, 0.4) is 0 Å². The van der Waals surface area contributed by atoms with Crippen LogP contribution in [0.15, 0.2) is 77.0 Å². The summed E-state index contributed by atoms with van der Waals surface area (Å²) < 4.78 is 0. The fraction of sp³-hybridized carbons (Fsp3) is 0.0952. The van der Waals surface area contributed by atoms with Gasteiger partial charge in [-0.15, -0.1) is 0 Å². The molecule has 0 atom stereocenters. The molecule has 4 rings (SSSR count). The monoisotopic (exact) mass is 359 g/mol. The van der Waals surface area contributed by atoms with Crippen LogP contribution in [0.5, 0.6) is 0 Å². The van der Waals surface area contributed by atoms with E-state index in [4.69, 9.17) is 0 Å². The van der Waals surface area contributed by atoms with Gasteiger partial charge in [-0.05, 0) is 37.1 Å². The summed E-state index contributed by atoms with van der Waals surface area (Å²) in [5.74, 6) is 0. The lowest BCUT2D eigenvalue weighted by Gasteiger charge is -2.08. The van der Waals surface area contributed by atoms with Crippen molar-refractivity contribution in [2.24, 2.45) is 5.16 Å². The van der Waals surface area contributed by atoms with Crippen molar-refractivity contribution in [3.63, 3.8) is 0 Å². The number of benzene rings is 2. The average Bonchev–Trinajstić information content (AvgIpc) is 2.90. The molecular formula is C21H17N3O3. The lowest BCUT2D eigenvalue weighted by Crippen LogP contribution is -2.05. The first-order valence-corrected chi connectivity index (χ1v) is 8.55. The molecule has 1 aliphatic carbocycles. The number of hydrogen-bond acceptors (Lipinski definition) is 4. The zero-order chi connectivity index (χ0) is 19.0. The van der Waals surface area contributed by atoms with Crippen LogP contribution in [0.2, 0.25) is 0 Å². The molecule has 1 heterocycles. The van der Waals surface area contributed by atoms with Gasteiger partial charge in [0.1, 0.15) is 5.71 Å². The highest BCUT2D eigenvalue weighted by molar-refractivity contribution is 6.18. The second-order valence-electron chi connectivity index (χ2n) is 6.46. The zero-order valence-corrected chi connectivity index (χ0v) is 14.6. The largest absolute Gasteiger partial charge is 0.410 e. The number of aromatic nitrogens is 1. The molecule has 2 N–H and O–H groups in total. The Morgan fingerprint density at radius 1 is 1.11 bits per heavy atom. The highest BCUT2D eigenvalue weighted by Crippen LogP contribution is 2.30. The van der Waals surface area contributed by atoms with Crippen LogP contribution >= 0.6 is 0 Å². The number of aromatic amines is 1. The van der Waals surface area contributed by atoms with Crippen LogP contribution in [0.1, 0.15) is 18.9 Å². The SMILES string of the molecule is CC1=C(/C(=N/O)c2ccc3[nH]c4ccc([N+](=O)[O-])cc4c3c2)C=CCC=C1. The minimum absolute atomic E-state index is 0.0419. The number of H-pyrrole nitrogens is 1. The van der Waals surface area contributed by atoms with E-state index < -0.39 is 4.92 Å². The van der Waals surface area contributed by atoms with Gasteiger partial charge >= 0.3 is 0 Å². The first-order valence-electron chi connectivity index (χ1n) is 8.55. The van der Waals surface area contributed by atoms with E-state index in [0.29, 0.717) is 5.71 Å². The van der Waals surface area contributed by atoms with Crippen molar-refractivity contribution in [2.45, 2.75) is 13.3 Å². The Hall–Kier alpha value is -3.67. The number of oxime groups is 1. The van der Waals surface area contributed by atoms with Crippen molar-refractivity contribution in [3.8, 4) is 0 Å². The van der Waals surface area contributed by atoms with Crippen LogP contribution < -0.4 is 0 Å². The van der Waals surface area contributed by atoms with Crippen LogP contribution in [0.25, 0.3) is 21.8 Å². The van der Waals surface area contributed by atoms with Crippen LogP contribution in [0, 0.1) is 10.1 Å². The normalized spacial score (nSPS) is 14.9. The van der Waals surface area contributed by atoms with Gasteiger partial charge in [-0.25, -0.2) is 0 Å². The third-order valence-electron chi connectivity index (χ3n) is 4.77. The molecule has 0 amide bonds. The molecule has 134 valence electrons. The van der Waals surface area contributed by atoms with Crippen molar-refractivity contribution < 1.29 is 10.1 Å². The molecule has 0 fully saturated rings. The van der Waals surface area contributed by atoms with Gasteiger partial charge in [0.15, 0.2) is 0 Å². The van der Waals surface area contributed by atoms with E-state index in [1.807, 2.05) is 43.4 Å². The minimum Gasteiger partial charge on any atom is -0.410 e. The molecule has 6 nitrogen and oxygen atoms in total. The quantitative estimate of drug-likeness (QED) is 0.290. The molecule has 2 aromatic carbocycles. The van der Waals surface area contributed by atoms with Crippen molar-refractivity contribution in [1.29, 1.82) is 0 Å². The Kier molecular flexibility index (Phi) is 4.08. The smallest absolute Gasteiger partial charge is 0.270 e. The molecule has 0 unspecified atom stereocenters. The van der Waals surface area contributed by atoms with Crippen molar-refractivity contribution in [3.05, 3.63) is 87.5 Å². The van der Waals surface area contributed by atoms with Crippen LogP contribution in [0.4, 0.5) is 5.69 Å². The fourth-order valence-corrected chi connectivity index (χ4v) is 3.41. The van der Waals surface area contributed by atoms with Crippen molar-refractivity contribution in [1.82, 2.24) is 4.98 Å². The third kappa shape index (κ3) is 2.91. The van der Waals surface area contributed by atoms with Gasteiger partial charge in [-0.1, -0.05) is 35.5 Å². The molecule has 1 aromatic heterocycles. The number of nitrogens with one attached hydrogen (secondary N) is 1. The molecule has 27 heavy (non-hydrogen) atoms. The standard InChI is InChI=1S/C21H17N3O3/c1-13-5-3-2-4-6-16(13)21(23-25)14-7-9-19-17(11-14)18-12-15(24(26)27)8-10-20(18)22-19/h3-12,22,25H,2H2,1H3/b23-21+. The molecule has 0 saturated carbocycles. The zero-order valence-electron chi connectivity index (χ0n) is 14.6. The maximum Gasteiger partial charge on any atom is 0.270 e. The Bertz CT molecular complexity index is 1200. The lowest BCUT2D eigenvalue weighted by molar-refractivity contribution is -0.384. The minimum atomic E-state index is -0.403. The number of fused-ring (bicyclic) bond motifs is 3. The number of allylic oxidation sites excluding steroid dienone is 6. The Labute approximate surface area is 155 Å². The molecule has 1 aliphatic rings. The molecule has 0 bridgehead atoms. The predicted octanol–water partition coefficient (Wildman–Crippen LogP) is 5.24. The summed E-state index contributed by atoms with van der Waals surface area (Å²) >= 11 is 0. The molecular weight excluding hydrogens is 342 g/mol. The van der Waals surface area contributed by atoms with E-state index in [2.05, 4.69) is 16.2 Å². The molecule has 0 aliphatic heterocycles. The second-order valence-corrected chi connectivity index (χ2v) is 6.46. The first-order chi connectivity index (χ1) is 13.1. The highest BCUT2D eigenvalue weighted by atomic mass is 16.6. The van der Waals surface area contributed by atoms with Gasteiger partial charge in [0.05, 0.1) is 4.92 Å². The number of nitro benzene ring substituents is 1. The van der Waals surface area contributed by atoms with E-state index in [1.165, 1.54) is 6.07 Å². The summed E-state index contributed by atoms with van der Waals surface area (Å²) in [6.07, 6.45) is 8.85. The lowest BCUT2D eigenvalue weighted by atomic mass is 9.96. The average molecular weight is 359 g/mol. The maximum absolute atomic E-state index is 11.1. The summed E-state index contributed by atoms with van der Waals surface area (Å²) in [4.78, 5) is 14.0. The number of rotatable bonds is 3. The van der Waals surface area contributed by atoms with Gasteiger partial charge in [0.25, 0.3) is 5.69 Å². The number of nitrogens with zero attached hydrogens (tertiary/aromatic N) is 2. The molecule has 3 aromatic rings. The molecule has 6 heteroatoms. The molecule has 0 radical (unpaired) electrons. The summed E-state index contributed by atoms with van der Waals surface area (Å²) in [6, 6.07) is 10.4. The number of non-ortho nitro benzene ring substituents is 1. The second kappa shape index (κ2) is 6.57. The topological polar surface area (TPSA) is 91.5 Å². The van der Waals surface area contributed by atoms with Crippen molar-refractivity contribution in [2.75, 3.05) is 0 Å². The van der Waals surface area contributed by atoms with Crippen LogP contribution in [-0.4, -0.2) is 20.8 Å². The number of nitro groups is 1. The van der Waals surface area contributed by atoms with Gasteiger partial charge in [0, 0.05) is 45.1 Å². The van der Waals surface area contributed by atoms with Gasteiger partial charge in [-0.2, -0.15) is 0 Å².